The molecule has 1 aliphatic heterocycles. The molecule has 2 atom stereocenters. The zero-order valence-electron chi connectivity index (χ0n) is 31.6. The molecule has 57 heavy (non-hydrogen) atoms. The van der Waals surface area contributed by atoms with E-state index < -0.39 is 51.8 Å². The molecule has 3 aromatic heterocycles. The number of methoxy groups -OCH3 is 1. The highest BCUT2D eigenvalue weighted by atomic mass is 32.2. The molecule has 14 nitrogen and oxygen atoms in total. The van der Waals surface area contributed by atoms with Gasteiger partial charge in [-0.3, -0.25) is 13.9 Å². The first-order chi connectivity index (χ1) is 27.1. The lowest BCUT2D eigenvalue weighted by atomic mass is 10.0. The van der Waals surface area contributed by atoms with Crippen molar-refractivity contribution in [3.63, 3.8) is 0 Å². The second kappa shape index (κ2) is 14.9. The Hall–Kier alpha value is -6.49. The lowest BCUT2D eigenvalue weighted by molar-refractivity contribution is -0.124. The fraction of sp³-hybridized carbons (Fsp3) is 0.250. The standard InChI is InChI=1S/C40H38F2N6O8S/c1-20(2)35(46-40(51)54-5)39(50)44-19-33-48-28-9-7-8-26(42)23(28)17-30(48)36-31(55-33)15-14-27(45-36)24-16-25-32(18-29(24)47(4)57(6,52)53)56-37(34(25)38(49)43-3)21-10-12-22(41)13-11-21/h7-18,20,33,35H,19H2,1-6H3,(H,43,49)(H,44,50)(H,46,51). The SMILES string of the molecule is CNC(=O)c1c(-c2ccc(F)cc2)oc2cc(N(C)S(C)(=O)=O)c(-c3ccc4c(n3)-c3cc5c(F)cccc5n3C(CNC(=O)C(NC(=O)OC)C(C)C)O4)cc12. The zero-order valence-corrected chi connectivity index (χ0v) is 32.5. The van der Waals surface area contributed by atoms with Gasteiger partial charge in [0.1, 0.15) is 40.5 Å². The molecule has 2 unspecified atom stereocenters. The van der Waals surface area contributed by atoms with Crippen molar-refractivity contribution in [1.82, 2.24) is 25.5 Å². The van der Waals surface area contributed by atoms with Crippen LogP contribution in [0.1, 0.15) is 30.4 Å². The van der Waals surface area contributed by atoms with Gasteiger partial charge in [0.25, 0.3) is 5.91 Å². The van der Waals surface area contributed by atoms with Gasteiger partial charge < -0.3 is 34.4 Å². The van der Waals surface area contributed by atoms with E-state index in [0.717, 1.165) is 10.6 Å². The molecule has 0 fully saturated rings. The van der Waals surface area contributed by atoms with Crippen LogP contribution in [-0.4, -0.2) is 75.9 Å². The van der Waals surface area contributed by atoms with Gasteiger partial charge in [-0.15, -0.1) is 0 Å². The molecule has 296 valence electrons. The molecule has 0 aliphatic carbocycles. The van der Waals surface area contributed by atoms with Crippen LogP contribution in [0, 0.1) is 17.6 Å². The molecule has 4 heterocycles. The molecule has 1 aliphatic rings. The smallest absolute Gasteiger partial charge is 0.407 e. The minimum atomic E-state index is -3.86. The highest BCUT2D eigenvalue weighted by Crippen LogP contribution is 2.45. The number of aromatic nitrogens is 2. The summed E-state index contributed by atoms with van der Waals surface area (Å²) in [5.74, 6) is -1.83. The molecular weight excluding hydrogens is 763 g/mol. The summed E-state index contributed by atoms with van der Waals surface area (Å²) in [5.41, 5.74) is 2.67. The van der Waals surface area contributed by atoms with E-state index >= 15 is 4.39 Å². The fourth-order valence-electron chi connectivity index (χ4n) is 6.86. The molecule has 0 saturated carbocycles. The number of amides is 3. The molecule has 6 aromatic rings. The number of carbonyl (C=O) groups is 3. The second-order valence-corrected chi connectivity index (χ2v) is 15.8. The van der Waals surface area contributed by atoms with Crippen LogP contribution >= 0.6 is 0 Å². The number of ether oxygens (including phenoxy) is 2. The summed E-state index contributed by atoms with van der Waals surface area (Å²) in [6.45, 7) is 3.45. The monoisotopic (exact) mass is 800 g/mol. The normalized spacial score (nSPS) is 14.1. The van der Waals surface area contributed by atoms with Crippen LogP contribution in [0.2, 0.25) is 0 Å². The molecule has 3 aromatic carbocycles. The van der Waals surface area contributed by atoms with Gasteiger partial charge in [0.2, 0.25) is 15.9 Å². The maximum Gasteiger partial charge on any atom is 0.407 e. The third-order valence-corrected chi connectivity index (χ3v) is 11.0. The fourth-order valence-corrected chi connectivity index (χ4v) is 7.37. The number of anilines is 1. The Bertz CT molecular complexity index is 2690. The van der Waals surface area contributed by atoms with Gasteiger partial charge in [0.15, 0.2) is 6.23 Å². The van der Waals surface area contributed by atoms with Gasteiger partial charge >= 0.3 is 6.09 Å². The van der Waals surface area contributed by atoms with E-state index in [2.05, 4.69) is 20.7 Å². The molecule has 3 N–H and O–H groups in total. The molecule has 0 saturated heterocycles. The van der Waals surface area contributed by atoms with Gasteiger partial charge in [-0.05, 0) is 66.6 Å². The first kappa shape index (κ1) is 38.8. The third-order valence-electron chi connectivity index (χ3n) is 9.82. The number of nitrogens with one attached hydrogen (secondary N) is 3. The van der Waals surface area contributed by atoms with Crippen molar-refractivity contribution in [3.05, 3.63) is 90.0 Å². The Morgan fingerprint density at radius 1 is 1.02 bits per heavy atom. The first-order valence-corrected chi connectivity index (χ1v) is 19.6. The van der Waals surface area contributed by atoms with Gasteiger partial charge in [0.05, 0.1) is 48.1 Å². The molecular formula is C40H38F2N6O8S. The maximum absolute atomic E-state index is 15.3. The van der Waals surface area contributed by atoms with Crippen molar-refractivity contribution in [3.8, 4) is 39.7 Å². The minimum absolute atomic E-state index is 0.0848. The Morgan fingerprint density at radius 3 is 2.42 bits per heavy atom. The van der Waals surface area contributed by atoms with Crippen LogP contribution in [0.5, 0.6) is 5.75 Å². The van der Waals surface area contributed by atoms with Crippen molar-refractivity contribution in [2.45, 2.75) is 26.1 Å². The molecule has 0 spiro atoms. The molecule has 17 heteroatoms. The second-order valence-electron chi connectivity index (χ2n) is 13.8. The Kier molecular flexibility index (Phi) is 10.1. The minimum Gasteiger partial charge on any atom is -0.466 e. The van der Waals surface area contributed by atoms with Crippen molar-refractivity contribution in [1.29, 1.82) is 0 Å². The Balaban J connectivity index is 1.37. The number of fused-ring (bicyclic) bond motifs is 6. The molecule has 7 rings (SSSR count). The maximum atomic E-state index is 15.3. The van der Waals surface area contributed by atoms with Gasteiger partial charge in [-0.25, -0.2) is 27.0 Å². The predicted octanol–water partition coefficient (Wildman–Crippen LogP) is 6.20. The van der Waals surface area contributed by atoms with E-state index in [1.54, 1.807) is 54.8 Å². The number of sulfonamides is 1. The van der Waals surface area contributed by atoms with Crippen LogP contribution in [0.25, 0.3) is 55.8 Å². The summed E-state index contributed by atoms with van der Waals surface area (Å²) >= 11 is 0. The number of hydrogen-bond acceptors (Lipinski definition) is 9. The van der Waals surface area contributed by atoms with Crippen LogP contribution in [-0.2, 0) is 19.6 Å². The van der Waals surface area contributed by atoms with E-state index in [9.17, 15) is 27.2 Å². The summed E-state index contributed by atoms with van der Waals surface area (Å²) in [6.07, 6.45) is -0.611. The quantitative estimate of drug-likeness (QED) is 0.146. The van der Waals surface area contributed by atoms with E-state index in [4.69, 9.17) is 14.1 Å². The van der Waals surface area contributed by atoms with Gasteiger partial charge in [-0.2, -0.15) is 0 Å². The number of furan rings is 1. The van der Waals surface area contributed by atoms with E-state index in [-0.39, 0.29) is 57.6 Å². The van der Waals surface area contributed by atoms with Crippen molar-refractivity contribution >= 4 is 55.5 Å². The van der Waals surface area contributed by atoms with Gasteiger partial charge in [-0.1, -0.05) is 19.9 Å². The number of hydrogen-bond donors (Lipinski definition) is 3. The van der Waals surface area contributed by atoms with E-state index in [0.29, 0.717) is 27.7 Å². The number of benzene rings is 3. The van der Waals surface area contributed by atoms with Crippen LogP contribution in [0.15, 0.2) is 77.2 Å². The summed E-state index contributed by atoms with van der Waals surface area (Å²) in [4.78, 5) is 43.6. The summed E-state index contributed by atoms with van der Waals surface area (Å²) < 4.78 is 75.3. The molecule has 0 radical (unpaired) electrons. The zero-order chi connectivity index (χ0) is 40.9. The lowest BCUT2D eigenvalue weighted by Crippen LogP contribution is -2.51. The lowest BCUT2D eigenvalue weighted by Gasteiger charge is -2.30. The largest absolute Gasteiger partial charge is 0.466 e. The highest BCUT2D eigenvalue weighted by Gasteiger charge is 2.33. The Labute approximate surface area is 325 Å². The van der Waals surface area contributed by atoms with Crippen molar-refractivity contribution in [2.75, 3.05) is 38.3 Å². The first-order valence-electron chi connectivity index (χ1n) is 17.7. The average Bonchev–Trinajstić information content (AvgIpc) is 3.77. The van der Waals surface area contributed by atoms with E-state index in [1.165, 1.54) is 57.6 Å². The number of alkyl carbamates (subject to hydrolysis) is 1. The van der Waals surface area contributed by atoms with Crippen LogP contribution in [0.4, 0.5) is 19.3 Å². The number of halogens is 2. The average molecular weight is 801 g/mol. The predicted molar refractivity (Wildman–Crippen MR) is 209 cm³/mol. The van der Waals surface area contributed by atoms with Gasteiger partial charge in [0, 0.05) is 42.1 Å². The molecule has 3 amide bonds. The topological polar surface area (TPSA) is 174 Å². The number of rotatable bonds is 10. The number of pyridine rings is 1. The van der Waals surface area contributed by atoms with Crippen LogP contribution in [0.3, 0.4) is 0 Å². The van der Waals surface area contributed by atoms with Crippen molar-refractivity contribution < 1.29 is 45.5 Å². The number of carbonyl (C=O) groups excluding carboxylic acids is 3. The molecule has 0 bridgehead atoms. The highest BCUT2D eigenvalue weighted by molar-refractivity contribution is 7.92. The summed E-state index contributed by atoms with van der Waals surface area (Å²) in [7, 11) is 0.165. The third kappa shape index (κ3) is 7.09. The van der Waals surface area contributed by atoms with E-state index in [1.807, 2.05) is 0 Å². The Morgan fingerprint density at radius 2 is 1.75 bits per heavy atom. The number of nitrogens with zero attached hydrogens (tertiary/aromatic N) is 3. The van der Waals surface area contributed by atoms with Crippen LogP contribution < -0.4 is 25.0 Å². The summed E-state index contributed by atoms with van der Waals surface area (Å²) in [5, 5.41) is 8.59. The summed E-state index contributed by atoms with van der Waals surface area (Å²) in [6, 6.07) is 17.0. The van der Waals surface area contributed by atoms with Crippen molar-refractivity contribution in [2.24, 2.45) is 5.92 Å².